The molecule has 4 N–H and O–H groups in total. The molecule has 1 unspecified atom stereocenters. The second-order valence-electron chi connectivity index (χ2n) is 27.9. The van der Waals surface area contributed by atoms with Crippen molar-refractivity contribution in [2.24, 2.45) is 0 Å². The predicted molar refractivity (Wildman–Crippen MR) is 398 cm³/mol. The van der Waals surface area contributed by atoms with Crippen LogP contribution in [-0.4, -0.2) is 168 Å². The molecule has 0 radical (unpaired) electrons. The second kappa shape index (κ2) is 30.6. The molecule has 4 aromatic carbocycles. The van der Waals surface area contributed by atoms with E-state index in [1.54, 1.807) is 185 Å². The summed E-state index contributed by atoms with van der Waals surface area (Å²) in [4.78, 5) is 93.9. The van der Waals surface area contributed by atoms with Gasteiger partial charge >= 0.3 is 6.09 Å². The van der Waals surface area contributed by atoms with Gasteiger partial charge in [-0.05, 0) is 130 Å². The van der Waals surface area contributed by atoms with Gasteiger partial charge in [0.2, 0.25) is 0 Å². The van der Waals surface area contributed by atoms with Gasteiger partial charge in [0.05, 0.1) is 88.8 Å². The highest BCUT2D eigenvalue weighted by molar-refractivity contribution is 7.92. The van der Waals surface area contributed by atoms with E-state index in [9.17, 15) is 44.4 Å². The van der Waals surface area contributed by atoms with Gasteiger partial charge < -0.3 is 44.2 Å². The van der Waals surface area contributed by atoms with E-state index >= 15 is 0 Å². The minimum absolute atomic E-state index is 0.179. The molecule has 30 heteroatoms. The van der Waals surface area contributed by atoms with Crippen molar-refractivity contribution in [1.82, 2.24) is 64.7 Å². The van der Waals surface area contributed by atoms with Crippen LogP contribution >= 0.6 is 11.6 Å². The van der Waals surface area contributed by atoms with E-state index in [0.29, 0.717) is 133 Å². The highest BCUT2D eigenvalue weighted by atomic mass is 35.5. The van der Waals surface area contributed by atoms with Gasteiger partial charge in [-0.3, -0.25) is 14.4 Å². The molecule has 1 atom stereocenters. The van der Waals surface area contributed by atoms with Gasteiger partial charge in [-0.1, -0.05) is 86.1 Å². The molecule has 4 amide bonds. The van der Waals surface area contributed by atoms with E-state index in [1.165, 1.54) is 6.20 Å². The van der Waals surface area contributed by atoms with Crippen molar-refractivity contribution in [2.45, 2.75) is 144 Å². The number of fused-ring (bicyclic) bond motifs is 3. The van der Waals surface area contributed by atoms with Crippen molar-refractivity contribution in [3.8, 4) is 33.8 Å². The van der Waals surface area contributed by atoms with E-state index in [4.69, 9.17) is 20.9 Å². The van der Waals surface area contributed by atoms with Crippen molar-refractivity contribution in [3.63, 3.8) is 0 Å². The van der Waals surface area contributed by atoms with E-state index in [1.807, 2.05) is 60.6 Å². The monoisotopic (exact) mass is 1490 g/mol. The van der Waals surface area contributed by atoms with Crippen LogP contribution in [0.2, 0.25) is 5.02 Å². The number of nitrogens with zero attached hydrogens (tertiary/aromatic N) is 10. The van der Waals surface area contributed by atoms with Gasteiger partial charge in [0, 0.05) is 85.0 Å². The molecular weight excluding hydrogens is 1410 g/mol. The molecule has 26 nitrogen and oxygen atoms in total. The molecule has 546 valence electrons. The molecule has 8 heterocycles. The number of hydrogen-bond donors (Lipinski definition) is 4. The van der Waals surface area contributed by atoms with Crippen LogP contribution < -0.4 is 5.32 Å². The molecule has 11 aromatic rings. The number of sulfone groups is 3. The molecule has 1 saturated heterocycles. The van der Waals surface area contributed by atoms with E-state index in [-0.39, 0.29) is 44.1 Å². The molecule has 0 spiro atoms. The highest BCUT2D eigenvalue weighted by Gasteiger charge is 2.31. The minimum atomic E-state index is -3.38. The zero-order valence-electron chi connectivity index (χ0n) is 60.1. The van der Waals surface area contributed by atoms with Crippen molar-refractivity contribution in [3.05, 3.63) is 173 Å². The third-order valence-electron chi connectivity index (χ3n) is 17.3. The summed E-state index contributed by atoms with van der Waals surface area (Å²) in [7, 11) is -8.36. The Kier molecular flexibility index (Phi) is 22.5. The number of aromatic amines is 3. The fourth-order valence-corrected chi connectivity index (χ4v) is 14.2. The maximum Gasteiger partial charge on any atom is 0.410 e. The molecule has 0 aliphatic carbocycles. The number of rotatable bonds is 15. The van der Waals surface area contributed by atoms with Crippen LogP contribution in [0.25, 0.3) is 67.3 Å². The van der Waals surface area contributed by atoms with Crippen LogP contribution in [0.1, 0.15) is 145 Å². The van der Waals surface area contributed by atoms with Gasteiger partial charge in [0.25, 0.3) is 17.7 Å². The Balaban J connectivity index is 0.000000168. The Morgan fingerprint density at radius 2 is 0.942 bits per heavy atom. The van der Waals surface area contributed by atoms with Gasteiger partial charge in [-0.25, -0.2) is 60.0 Å². The van der Waals surface area contributed by atoms with Crippen molar-refractivity contribution < 1.29 is 53.7 Å². The number of aromatic nitrogens is 10. The second-order valence-corrected chi connectivity index (χ2v) is 35.8. The third kappa shape index (κ3) is 17.0. The van der Waals surface area contributed by atoms with Crippen molar-refractivity contribution in [1.29, 1.82) is 0 Å². The SMILES string of the molecule is CC(C)S(=O)(=O)c1ccc(-c2cnc3[nH]cc(C(=O)N4CCCN(C(=O)OC(C)(C)C)CC4)c3n2)cc1.CC(C)S(=O)(=O)c1ccc(-c2cnc3[nH]cc(C(=O)Nc4cc(C(C)(C)C)on4)c3n2)cc1.CC(c1ccc(Cl)cc1)N(C)C(=O)c1c[nH]c2ncc(-c3ccc(S(=O)(=O)C(C)C)cc3)nc12. The average Bonchev–Trinajstić information content (AvgIpc) is 1.55. The molecule has 0 saturated carbocycles. The summed E-state index contributed by atoms with van der Waals surface area (Å²) in [5.74, 6) is 0.174. The Morgan fingerprint density at radius 3 is 1.36 bits per heavy atom. The lowest BCUT2D eigenvalue weighted by Crippen LogP contribution is -2.40. The molecule has 7 aromatic heterocycles. The van der Waals surface area contributed by atoms with Crippen LogP contribution in [0.5, 0.6) is 0 Å². The molecule has 1 aliphatic heterocycles. The number of halogens is 1. The summed E-state index contributed by atoms with van der Waals surface area (Å²) in [6.07, 6.45) is 9.76. The normalized spacial score (nSPS) is 13.5. The lowest BCUT2D eigenvalue weighted by Gasteiger charge is -2.26. The first-order chi connectivity index (χ1) is 48.9. The number of benzene rings is 4. The lowest BCUT2D eigenvalue weighted by molar-refractivity contribution is 0.0255. The molecule has 0 bridgehead atoms. The first-order valence-corrected chi connectivity index (χ1v) is 38.6. The largest absolute Gasteiger partial charge is 0.444 e. The molecule has 1 aliphatic rings. The number of hydrogen-bond acceptors (Lipinski definition) is 19. The number of carbonyl (C=O) groups is 4. The first-order valence-electron chi connectivity index (χ1n) is 33.6. The summed E-state index contributed by atoms with van der Waals surface area (Å²) in [6, 6.07) is 28.4. The van der Waals surface area contributed by atoms with Crippen LogP contribution in [0.15, 0.2) is 160 Å². The smallest absolute Gasteiger partial charge is 0.410 e. The van der Waals surface area contributed by atoms with Gasteiger partial charge in [0.1, 0.15) is 27.9 Å². The summed E-state index contributed by atoms with van der Waals surface area (Å²) < 4.78 is 85.2. The first kappa shape index (κ1) is 76.4. The average molecular weight is 1490 g/mol. The number of nitrogens with one attached hydrogen (secondary N) is 4. The predicted octanol–water partition coefficient (Wildman–Crippen LogP) is 13.5. The van der Waals surface area contributed by atoms with E-state index < -0.39 is 56.8 Å². The van der Waals surface area contributed by atoms with Crippen LogP contribution in [0.4, 0.5) is 10.6 Å². The Hall–Kier alpha value is -10.2. The number of ether oxygens (including phenoxy) is 1. The maximum atomic E-state index is 13.4. The molecule has 1 fully saturated rings. The topological polar surface area (TPSA) is 352 Å². The molecule has 104 heavy (non-hydrogen) atoms. The molecular formula is C74H83ClN14O12S3. The standard InChI is InChI=1S/C26H33N5O5S.C25H25ClN4O3S.C23H25N5O4S/c1-17(2)37(34,35)19-9-7-18(8-10-19)21-16-28-23-22(29-21)20(15-27-23)24(32)30-11-6-12-31(14-13-30)25(33)36-26(3,4)5;1-15(2)34(32,33)20-11-7-18(8-12-20)22-14-28-24-23(29-22)21(13-27-24)25(31)30(4)16(3)17-5-9-19(26)10-6-17;1-13(2)33(30,31)15-8-6-14(7-9-15)17-12-25-21-20(26-17)16(11-24-21)22(29)27-19-10-18(32-28-19)23(3,4)5/h7-10,15-17H,6,11-14H2,1-5H3,(H,27,28);5-16H,1-4H3,(H,27,28);6-13H,1-5H3,(H,24,25)(H,27,28,29). The summed E-state index contributed by atoms with van der Waals surface area (Å²) >= 11 is 5.99. The van der Waals surface area contributed by atoms with Crippen LogP contribution in [0, 0.1) is 0 Å². The van der Waals surface area contributed by atoms with E-state index in [2.05, 4.69) is 55.3 Å². The van der Waals surface area contributed by atoms with Gasteiger partial charge in [-0.2, -0.15) is 0 Å². The maximum absolute atomic E-state index is 13.4. The van der Waals surface area contributed by atoms with Gasteiger partial charge in [0.15, 0.2) is 52.3 Å². The summed E-state index contributed by atoms with van der Waals surface area (Å²) in [5.41, 5.74) is 7.66. The Morgan fingerprint density at radius 1 is 0.548 bits per heavy atom. The van der Waals surface area contributed by atoms with Crippen LogP contribution in [0.3, 0.4) is 0 Å². The van der Waals surface area contributed by atoms with E-state index in [0.717, 1.165) is 5.56 Å². The van der Waals surface area contributed by atoms with Crippen molar-refractivity contribution in [2.75, 3.05) is 38.5 Å². The number of anilines is 1. The fraction of sp³-hybridized carbons (Fsp3) is 0.338. The Bertz CT molecular complexity index is 5340. The summed E-state index contributed by atoms with van der Waals surface area (Å²) in [5, 5.41) is 5.75. The van der Waals surface area contributed by atoms with Gasteiger partial charge in [-0.15, -0.1) is 0 Å². The molecule has 12 rings (SSSR count). The fourth-order valence-electron chi connectivity index (χ4n) is 10.9. The highest BCUT2D eigenvalue weighted by Crippen LogP contribution is 2.32. The van der Waals surface area contributed by atoms with Crippen molar-refractivity contribution >= 4 is 104 Å². The number of amides is 4. The summed E-state index contributed by atoms with van der Waals surface area (Å²) in [6.45, 7) is 25.0. The minimum Gasteiger partial charge on any atom is -0.444 e. The zero-order chi connectivity index (χ0) is 75.5. The Labute approximate surface area is 608 Å². The van der Waals surface area contributed by atoms with Crippen LogP contribution in [-0.2, 0) is 39.7 Å². The number of carbonyl (C=O) groups excluding carboxylic acids is 4. The zero-order valence-corrected chi connectivity index (χ0v) is 63.3. The number of H-pyrrole nitrogens is 3. The lowest BCUT2D eigenvalue weighted by atomic mass is 9.93. The quantitative estimate of drug-likeness (QED) is 0.0740. The third-order valence-corrected chi connectivity index (χ3v) is 24.1.